The number of hydrogen-bond acceptors (Lipinski definition) is 4. The highest BCUT2D eigenvalue weighted by molar-refractivity contribution is 7.99. The van der Waals surface area contributed by atoms with E-state index in [0.29, 0.717) is 0 Å². The Morgan fingerprint density at radius 1 is 0.390 bits per heavy atom. The molecule has 0 saturated heterocycles. The van der Waals surface area contributed by atoms with Crippen molar-refractivity contribution in [2.45, 2.75) is 9.79 Å². The maximum Gasteiger partial charge on any atom is 0.159 e. The Morgan fingerprint density at radius 3 is 1.80 bits per heavy atom. The van der Waals surface area contributed by atoms with E-state index in [1.165, 1.54) is 43.1 Å². The lowest BCUT2D eigenvalue weighted by Gasteiger charge is -2.33. The fraction of sp³-hybridized carbons (Fsp3) is 0. The van der Waals surface area contributed by atoms with E-state index in [4.69, 9.17) is 4.42 Å². The summed E-state index contributed by atoms with van der Waals surface area (Å²) >= 11 is 1.84. The molecule has 59 heavy (non-hydrogen) atoms. The van der Waals surface area contributed by atoms with Gasteiger partial charge in [-0.3, -0.25) is 0 Å². The SMILES string of the molecule is c1ccc(N(c2ccccc2)c2ccc(N3c4ccccc4Sc4cc(-c5ccc6c(c5)c5ccccc5n6-c5cccc6c5oc5ccccc56)ccc43)cc2)cc1. The van der Waals surface area contributed by atoms with Gasteiger partial charge in [-0.1, -0.05) is 121 Å². The Morgan fingerprint density at radius 2 is 0.983 bits per heavy atom. The van der Waals surface area contributed by atoms with Gasteiger partial charge in [0.15, 0.2) is 5.58 Å². The second-order valence-electron chi connectivity index (χ2n) is 14.9. The molecular formula is C54H35N3OS. The zero-order valence-electron chi connectivity index (χ0n) is 31.9. The average Bonchev–Trinajstić information content (AvgIpc) is 3.85. The quantitative estimate of drug-likeness (QED) is 0.168. The summed E-state index contributed by atoms with van der Waals surface area (Å²) in [5.74, 6) is 0. The molecule has 1 aliphatic rings. The molecular weight excluding hydrogens is 739 g/mol. The molecule has 12 rings (SSSR count). The van der Waals surface area contributed by atoms with Gasteiger partial charge in [0.25, 0.3) is 0 Å². The lowest BCUT2D eigenvalue weighted by Crippen LogP contribution is -2.15. The average molecular weight is 774 g/mol. The monoisotopic (exact) mass is 773 g/mol. The van der Waals surface area contributed by atoms with Gasteiger partial charge in [-0.15, -0.1) is 0 Å². The van der Waals surface area contributed by atoms with E-state index in [-0.39, 0.29) is 0 Å². The van der Waals surface area contributed by atoms with Crippen LogP contribution in [0.3, 0.4) is 0 Å². The minimum Gasteiger partial charge on any atom is -0.454 e. The molecule has 0 radical (unpaired) electrons. The molecule has 0 aliphatic carbocycles. The van der Waals surface area contributed by atoms with Gasteiger partial charge in [0.1, 0.15) is 5.58 Å². The minimum absolute atomic E-state index is 0.899. The normalized spacial score (nSPS) is 12.3. The highest BCUT2D eigenvalue weighted by Crippen LogP contribution is 2.53. The van der Waals surface area contributed by atoms with Gasteiger partial charge in [-0.2, -0.15) is 0 Å². The molecule has 0 saturated carbocycles. The molecule has 0 bridgehead atoms. The summed E-state index contributed by atoms with van der Waals surface area (Å²) in [6.45, 7) is 0. The summed E-state index contributed by atoms with van der Waals surface area (Å²) in [6, 6.07) is 76.1. The first kappa shape index (κ1) is 33.6. The molecule has 0 atom stereocenters. The second-order valence-corrected chi connectivity index (χ2v) is 16.0. The highest BCUT2D eigenvalue weighted by Gasteiger charge is 2.26. The topological polar surface area (TPSA) is 24.6 Å². The highest BCUT2D eigenvalue weighted by atomic mass is 32.2. The van der Waals surface area contributed by atoms with Crippen molar-refractivity contribution in [2.24, 2.45) is 0 Å². The lowest BCUT2D eigenvalue weighted by atomic mass is 10.0. The number of furan rings is 1. The summed E-state index contributed by atoms with van der Waals surface area (Å²) in [7, 11) is 0. The van der Waals surface area contributed by atoms with Crippen LogP contribution in [0.15, 0.2) is 227 Å². The summed E-state index contributed by atoms with van der Waals surface area (Å²) in [6.07, 6.45) is 0. The van der Waals surface area contributed by atoms with E-state index in [1.54, 1.807) is 0 Å². The van der Waals surface area contributed by atoms with E-state index in [1.807, 2.05) is 23.9 Å². The molecule has 0 amide bonds. The van der Waals surface area contributed by atoms with Crippen LogP contribution >= 0.6 is 11.8 Å². The van der Waals surface area contributed by atoms with Crippen molar-refractivity contribution in [3.8, 4) is 16.8 Å². The summed E-state index contributed by atoms with van der Waals surface area (Å²) in [5, 5.41) is 4.68. The molecule has 5 heteroatoms. The Bertz CT molecular complexity index is 3330. The number of para-hydroxylation sites is 6. The number of anilines is 6. The van der Waals surface area contributed by atoms with Gasteiger partial charge in [0, 0.05) is 54.1 Å². The molecule has 4 nitrogen and oxygen atoms in total. The van der Waals surface area contributed by atoms with Crippen molar-refractivity contribution < 1.29 is 4.42 Å². The first-order valence-corrected chi connectivity index (χ1v) is 20.7. The molecule has 3 heterocycles. The smallest absolute Gasteiger partial charge is 0.159 e. The number of benzene rings is 9. The predicted molar refractivity (Wildman–Crippen MR) is 247 cm³/mol. The maximum atomic E-state index is 6.54. The minimum atomic E-state index is 0.899. The third-order valence-electron chi connectivity index (χ3n) is 11.6. The van der Waals surface area contributed by atoms with Crippen LogP contribution in [0.2, 0.25) is 0 Å². The van der Waals surface area contributed by atoms with E-state index < -0.39 is 0 Å². The van der Waals surface area contributed by atoms with E-state index in [2.05, 4.69) is 215 Å². The lowest BCUT2D eigenvalue weighted by molar-refractivity contribution is 0.666. The second kappa shape index (κ2) is 13.6. The number of rotatable bonds is 6. The molecule has 0 fully saturated rings. The van der Waals surface area contributed by atoms with Gasteiger partial charge in [0.2, 0.25) is 0 Å². The number of nitrogens with zero attached hydrogens (tertiary/aromatic N) is 3. The van der Waals surface area contributed by atoms with Crippen LogP contribution < -0.4 is 9.80 Å². The molecule has 2 aromatic heterocycles. The number of fused-ring (bicyclic) bond motifs is 8. The Balaban J connectivity index is 0.949. The first-order valence-electron chi connectivity index (χ1n) is 19.9. The maximum absolute atomic E-state index is 6.54. The van der Waals surface area contributed by atoms with Crippen molar-refractivity contribution in [2.75, 3.05) is 9.80 Å². The van der Waals surface area contributed by atoms with Crippen LogP contribution in [0.25, 0.3) is 60.6 Å². The Labute approximate surface area is 345 Å². The van der Waals surface area contributed by atoms with Gasteiger partial charge in [-0.05, 0) is 114 Å². The van der Waals surface area contributed by atoms with Crippen LogP contribution in [0.1, 0.15) is 0 Å². The first-order chi connectivity index (χ1) is 29.3. The van der Waals surface area contributed by atoms with Gasteiger partial charge >= 0.3 is 0 Å². The van der Waals surface area contributed by atoms with Crippen LogP contribution in [0.5, 0.6) is 0 Å². The standard InChI is InChI=1S/C54H35N3OS/c1-3-14-38(15-4-1)55(39-16-5-2-6-17-39)40-28-30-41(31-29-40)56-48-22-10-12-25-52(48)59-53-35-37(27-33-49(53)56)36-26-32-47-45(34-36)42-18-7-9-21-46(42)57(47)50-23-13-20-44-43-19-8-11-24-51(43)58-54(44)50/h1-35H. The largest absolute Gasteiger partial charge is 0.454 e. The predicted octanol–water partition coefficient (Wildman–Crippen LogP) is 15.8. The zero-order chi connectivity index (χ0) is 38.9. The fourth-order valence-electron chi connectivity index (χ4n) is 8.89. The third kappa shape index (κ3) is 5.47. The summed E-state index contributed by atoms with van der Waals surface area (Å²) in [4.78, 5) is 7.16. The van der Waals surface area contributed by atoms with Crippen molar-refractivity contribution in [1.82, 2.24) is 4.57 Å². The Hall–Kier alpha value is -7.47. The Kier molecular flexibility index (Phi) is 7.75. The van der Waals surface area contributed by atoms with Crippen LogP contribution in [-0.2, 0) is 0 Å². The molecule has 0 unspecified atom stereocenters. The van der Waals surface area contributed by atoms with Crippen molar-refractivity contribution in [3.63, 3.8) is 0 Å². The third-order valence-corrected chi connectivity index (χ3v) is 12.7. The van der Waals surface area contributed by atoms with Crippen LogP contribution in [0, 0.1) is 0 Å². The summed E-state index contributed by atoms with van der Waals surface area (Å²) < 4.78 is 8.90. The molecule has 278 valence electrons. The fourth-order valence-corrected chi connectivity index (χ4v) is 9.98. The molecule has 11 aromatic rings. The van der Waals surface area contributed by atoms with Crippen molar-refractivity contribution >= 4 is 89.6 Å². The van der Waals surface area contributed by atoms with Gasteiger partial charge in [0.05, 0.1) is 28.1 Å². The number of hydrogen-bond donors (Lipinski definition) is 0. The van der Waals surface area contributed by atoms with Gasteiger partial charge < -0.3 is 18.8 Å². The van der Waals surface area contributed by atoms with Crippen LogP contribution in [0.4, 0.5) is 34.1 Å². The molecule has 0 N–H and O–H groups in total. The molecule has 0 spiro atoms. The zero-order valence-corrected chi connectivity index (χ0v) is 32.7. The van der Waals surface area contributed by atoms with Crippen molar-refractivity contribution in [1.29, 1.82) is 0 Å². The molecule has 9 aromatic carbocycles. The van der Waals surface area contributed by atoms with E-state index in [9.17, 15) is 0 Å². The van der Waals surface area contributed by atoms with Crippen molar-refractivity contribution in [3.05, 3.63) is 212 Å². The number of aromatic nitrogens is 1. The van der Waals surface area contributed by atoms with E-state index >= 15 is 0 Å². The van der Waals surface area contributed by atoms with E-state index in [0.717, 1.165) is 61.4 Å². The summed E-state index contributed by atoms with van der Waals surface area (Å²) in [5.41, 5.74) is 14.3. The van der Waals surface area contributed by atoms with Gasteiger partial charge in [-0.25, -0.2) is 0 Å². The van der Waals surface area contributed by atoms with Crippen LogP contribution in [-0.4, -0.2) is 4.57 Å². The molecule has 1 aliphatic heterocycles.